The van der Waals surface area contributed by atoms with E-state index in [0.29, 0.717) is 23.3 Å². The molecule has 1 heterocycles. The number of thioether (sulfide) groups is 1. The number of ketones is 1. The number of hydrogen-bond acceptors (Lipinski definition) is 5. The van der Waals surface area contributed by atoms with Crippen LogP contribution < -0.4 is 0 Å². The molecular formula is C14H22N2O2S. The van der Waals surface area contributed by atoms with Crippen LogP contribution in [0.3, 0.4) is 0 Å². The number of carbonyl (C=O) groups excluding carboxylic acids is 1. The van der Waals surface area contributed by atoms with E-state index < -0.39 is 0 Å². The van der Waals surface area contributed by atoms with Crippen molar-refractivity contribution in [3.8, 4) is 0 Å². The van der Waals surface area contributed by atoms with Crippen molar-refractivity contribution in [2.45, 2.75) is 63.4 Å². The number of rotatable bonds is 6. The number of nitrogens with zero attached hydrogens (tertiary/aromatic N) is 2. The fourth-order valence-electron chi connectivity index (χ4n) is 2.25. The molecule has 2 atom stereocenters. The van der Waals surface area contributed by atoms with Crippen molar-refractivity contribution in [1.29, 1.82) is 0 Å². The molecule has 1 aromatic heterocycles. The lowest BCUT2D eigenvalue weighted by Gasteiger charge is -2.18. The lowest BCUT2D eigenvalue weighted by Crippen LogP contribution is -2.21. The van der Waals surface area contributed by atoms with Crippen molar-refractivity contribution in [1.82, 2.24) is 10.1 Å². The summed E-state index contributed by atoms with van der Waals surface area (Å²) < 4.78 is 5.25. The van der Waals surface area contributed by atoms with Crippen molar-refractivity contribution in [2.75, 3.05) is 0 Å². The van der Waals surface area contributed by atoms with Crippen LogP contribution in [0.1, 0.15) is 57.7 Å². The van der Waals surface area contributed by atoms with Crippen LogP contribution in [0.15, 0.2) is 4.52 Å². The number of hydrogen-bond donors (Lipinski definition) is 0. The molecule has 0 N–H and O–H groups in total. The molecule has 1 fully saturated rings. The van der Waals surface area contributed by atoms with Gasteiger partial charge in [0.2, 0.25) is 5.89 Å². The third-order valence-electron chi connectivity index (χ3n) is 3.68. The van der Waals surface area contributed by atoms with Gasteiger partial charge in [-0.15, -0.1) is 0 Å². The Morgan fingerprint density at radius 2 is 2.32 bits per heavy atom. The molecule has 0 spiro atoms. The van der Waals surface area contributed by atoms with E-state index in [2.05, 4.69) is 24.0 Å². The normalized spacial score (nSPS) is 21.6. The topological polar surface area (TPSA) is 56.0 Å². The van der Waals surface area contributed by atoms with Gasteiger partial charge in [0.25, 0.3) is 0 Å². The van der Waals surface area contributed by atoms with Gasteiger partial charge in [-0.05, 0) is 19.3 Å². The van der Waals surface area contributed by atoms with E-state index in [1.54, 1.807) is 0 Å². The maximum Gasteiger partial charge on any atom is 0.227 e. The van der Waals surface area contributed by atoms with Crippen LogP contribution in [0.5, 0.6) is 0 Å². The first-order valence-electron chi connectivity index (χ1n) is 7.14. The Kier molecular flexibility index (Phi) is 5.43. The third kappa shape index (κ3) is 4.34. The molecule has 4 nitrogen and oxygen atoms in total. The van der Waals surface area contributed by atoms with Gasteiger partial charge in [0, 0.05) is 24.0 Å². The number of Topliss-reactive ketones (excluding diaryl/α,β-unsaturated/α-hetero) is 1. The Hall–Kier alpha value is -0.840. The highest BCUT2D eigenvalue weighted by molar-refractivity contribution is 7.99. The van der Waals surface area contributed by atoms with Crippen molar-refractivity contribution in [3.63, 3.8) is 0 Å². The highest BCUT2D eigenvalue weighted by Crippen LogP contribution is 2.24. The summed E-state index contributed by atoms with van der Waals surface area (Å²) in [5, 5.41) is 4.61. The molecule has 0 radical (unpaired) electrons. The first-order chi connectivity index (χ1) is 9.19. The zero-order valence-electron chi connectivity index (χ0n) is 11.7. The van der Waals surface area contributed by atoms with E-state index >= 15 is 0 Å². The van der Waals surface area contributed by atoms with Gasteiger partial charge in [0.15, 0.2) is 5.82 Å². The predicted molar refractivity (Wildman–Crippen MR) is 76.0 cm³/mol. The standard InChI is InChI=1S/C14H22N2O2S/c1-3-10(2)19-9-13-15-14(18-16-13)8-11-6-4-5-7-12(11)17/h10-11H,3-9H2,1-2H3. The van der Waals surface area contributed by atoms with Crippen LogP contribution in [0.2, 0.25) is 0 Å². The largest absolute Gasteiger partial charge is 0.339 e. The molecular weight excluding hydrogens is 260 g/mol. The van der Waals surface area contributed by atoms with Crippen LogP contribution in [-0.2, 0) is 17.0 Å². The molecule has 2 unspecified atom stereocenters. The lowest BCUT2D eigenvalue weighted by molar-refractivity contribution is -0.124. The Balaban J connectivity index is 1.84. The van der Waals surface area contributed by atoms with Crippen LogP contribution in [0, 0.1) is 5.92 Å². The van der Waals surface area contributed by atoms with E-state index in [-0.39, 0.29) is 5.92 Å². The van der Waals surface area contributed by atoms with E-state index in [1.807, 2.05) is 11.8 Å². The summed E-state index contributed by atoms with van der Waals surface area (Å²) in [6.07, 6.45) is 5.64. The summed E-state index contributed by atoms with van der Waals surface area (Å²) in [4.78, 5) is 16.2. The van der Waals surface area contributed by atoms with Gasteiger partial charge in [0.1, 0.15) is 5.78 Å². The lowest BCUT2D eigenvalue weighted by atomic mass is 9.86. The average Bonchev–Trinajstić information content (AvgIpc) is 2.86. The molecule has 106 valence electrons. The number of aromatic nitrogens is 2. The third-order valence-corrected chi connectivity index (χ3v) is 5.01. The molecule has 1 aliphatic rings. The zero-order chi connectivity index (χ0) is 13.7. The van der Waals surface area contributed by atoms with Crippen molar-refractivity contribution in [2.24, 2.45) is 5.92 Å². The van der Waals surface area contributed by atoms with Crippen LogP contribution >= 0.6 is 11.8 Å². The smallest absolute Gasteiger partial charge is 0.227 e. The minimum Gasteiger partial charge on any atom is -0.339 e. The fraction of sp³-hybridized carbons (Fsp3) is 0.786. The molecule has 5 heteroatoms. The predicted octanol–water partition coefficient (Wildman–Crippen LogP) is 3.40. The van der Waals surface area contributed by atoms with Crippen LogP contribution in [0.4, 0.5) is 0 Å². The van der Waals surface area contributed by atoms with Gasteiger partial charge >= 0.3 is 0 Å². The average molecular weight is 282 g/mol. The molecule has 1 saturated carbocycles. The summed E-state index contributed by atoms with van der Waals surface area (Å²) in [7, 11) is 0. The molecule has 0 amide bonds. The zero-order valence-corrected chi connectivity index (χ0v) is 12.5. The molecule has 1 aromatic rings. The summed E-state index contributed by atoms with van der Waals surface area (Å²) in [6.45, 7) is 4.38. The Morgan fingerprint density at radius 3 is 3.05 bits per heavy atom. The van der Waals surface area contributed by atoms with Crippen molar-refractivity contribution in [3.05, 3.63) is 11.7 Å². The molecule has 0 aliphatic heterocycles. The number of carbonyl (C=O) groups is 1. The summed E-state index contributed by atoms with van der Waals surface area (Å²) in [5.74, 6) is 2.63. The molecule has 0 bridgehead atoms. The SMILES string of the molecule is CCC(C)SCc1noc(CC2CCCCC2=O)n1. The maximum absolute atomic E-state index is 11.8. The minimum absolute atomic E-state index is 0.101. The summed E-state index contributed by atoms with van der Waals surface area (Å²) in [6, 6.07) is 0. The van der Waals surface area contributed by atoms with Gasteiger partial charge in [-0.1, -0.05) is 25.4 Å². The Labute approximate surface area is 118 Å². The second kappa shape index (κ2) is 7.08. The monoisotopic (exact) mass is 282 g/mol. The second-order valence-corrected chi connectivity index (χ2v) is 6.67. The summed E-state index contributed by atoms with van der Waals surface area (Å²) >= 11 is 1.84. The molecule has 0 aromatic carbocycles. The molecule has 19 heavy (non-hydrogen) atoms. The van der Waals surface area contributed by atoms with Gasteiger partial charge in [-0.3, -0.25) is 4.79 Å². The van der Waals surface area contributed by atoms with E-state index in [1.165, 1.54) is 0 Å². The van der Waals surface area contributed by atoms with E-state index in [4.69, 9.17) is 4.52 Å². The van der Waals surface area contributed by atoms with Gasteiger partial charge in [0.05, 0.1) is 5.75 Å². The highest BCUT2D eigenvalue weighted by atomic mass is 32.2. The van der Waals surface area contributed by atoms with Crippen LogP contribution in [-0.4, -0.2) is 21.2 Å². The first kappa shape index (κ1) is 14.6. The van der Waals surface area contributed by atoms with Gasteiger partial charge < -0.3 is 4.52 Å². The van der Waals surface area contributed by atoms with Crippen LogP contribution in [0.25, 0.3) is 0 Å². The maximum atomic E-state index is 11.8. The Bertz CT molecular complexity index is 419. The van der Waals surface area contributed by atoms with Crippen molar-refractivity contribution < 1.29 is 9.32 Å². The van der Waals surface area contributed by atoms with Gasteiger partial charge in [-0.2, -0.15) is 16.7 Å². The highest BCUT2D eigenvalue weighted by Gasteiger charge is 2.24. The van der Waals surface area contributed by atoms with E-state index in [9.17, 15) is 4.79 Å². The molecule has 2 rings (SSSR count). The van der Waals surface area contributed by atoms with Crippen molar-refractivity contribution >= 4 is 17.5 Å². The molecule has 1 aliphatic carbocycles. The Morgan fingerprint density at radius 1 is 1.47 bits per heavy atom. The van der Waals surface area contributed by atoms with Gasteiger partial charge in [-0.25, -0.2) is 0 Å². The quantitative estimate of drug-likeness (QED) is 0.800. The molecule has 0 saturated heterocycles. The van der Waals surface area contributed by atoms with E-state index in [0.717, 1.165) is 43.7 Å². The minimum atomic E-state index is 0.101. The first-order valence-corrected chi connectivity index (χ1v) is 8.19. The summed E-state index contributed by atoms with van der Waals surface area (Å²) in [5.41, 5.74) is 0. The fourth-order valence-corrected chi connectivity index (χ4v) is 3.03. The second-order valence-electron chi connectivity index (χ2n) is 5.25.